The quantitative estimate of drug-likeness (QED) is 0.682. The average Bonchev–Trinajstić information content (AvgIpc) is 2.66. The highest BCUT2D eigenvalue weighted by Gasteiger charge is 2.14. The highest BCUT2D eigenvalue weighted by Crippen LogP contribution is 2.19. The van der Waals surface area contributed by atoms with Gasteiger partial charge in [0.1, 0.15) is 0 Å². The van der Waals surface area contributed by atoms with Crippen LogP contribution in [0.25, 0.3) is 0 Å². The number of rotatable bonds is 5. The Hall–Kier alpha value is -2.17. The number of nitrogens with two attached hydrogens (primary N) is 1. The largest absolute Gasteiger partial charge is 0.402 e. The lowest BCUT2D eigenvalue weighted by Crippen LogP contribution is -2.35. The minimum atomic E-state index is -0.220. The van der Waals surface area contributed by atoms with Gasteiger partial charge in [-0.1, -0.05) is 32.1 Å². The van der Waals surface area contributed by atoms with Gasteiger partial charge in [-0.05, 0) is 31.8 Å². The lowest BCUT2D eigenvalue weighted by molar-refractivity contribution is 0.245. The molecule has 5 nitrogen and oxygen atoms in total. The molecular weight excluding hydrogens is 288 g/mol. The fourth-order valence-corrected chi connectivity index (χ4v) is 2.35. The molecule has 0 radical (unpaired) electrons. The topological polar surface area (TPSA) is 70.4 Å². The first-order valence-corrected chi connectivity index (χ1v) is 8.14. The molecule has 5 heteroatoms. The standard InChI is InChI=1S/C18H30N4O/c1-6-15(12-16(7-2)22(4)5)20-18(23)21-17-11-10-14(19)9-8-13(17)3/h6,9,11-13H,7-8,10,19H2,1-5H3,(H2,20,21,23)/b15-6+,16-12+. The number of amides is 2. The number of nitrogens with one attached hydrogen (secondary N) is 2. The third kappa shape index (κ3) is 6.22. The van der Waals surface area contributed by atoms with Gasteiger partial charge in [-0.15, -0.1) is 0 Å². The molecule has 0 saturated carbocycles. The van der Waals surface area contributed by atoms with Crippen molar-refractivity contribution in [3.8, 4) is 0 Å². The van der Waals surface area contributed by atoms with Gasteiger partial charge in [-0.2, -0.15) is 0 Å². The molecule has 2 amide bonds. The van der Waals surface area contributed by atoms with Crippen molar-refractivity contribution in [3.63, 3.8) is 0 Å². The summed E-state index contributed by atoms with van der Waals surface area (Å²) >= 11 is 0. The van der Waals surface area contributed by atoms with Gasteiger partial charge < -0.3 is 21.3 Å². The van der Waals surface area contributed by atoms with Crippen LogP contribution in [0.3, 0.4) is 0 Å². The van der Waals surface area contributed by atoms with Crippen LogP contribution in [0.5, 0.6) is 0 Å². The van der Waals surface area contributed by atoms with E-state index in [0.29, 0.717) is 6.42 Å². The molecule has 0 aromatic rings. The molecule has 0 saturated heterocycles. The number of allylic oxidation sites excluding steroid dienone is 6. The summed E-state index contributed by atoms with van der Waals surface area (Å²) in [5, 5.41) is 5.86. The van der Waals surface area contributed by atoms with Gasteiger partial charge in [0.15, 0.2) is 0 Å². The molecule has 4 N–H and O–H groups in total. The van der Waals surface area contributed by atoms with Crippen LogP contribution in [0.4, 0.5) is 4.79 Å². The second kappa shape index (κ2) is 9.08. The van der Waals surface area contributed by atoms with Crippen LogP contribution in [-0.4, -0.2) is 25.0 Å². The van der Waals surface area contributed by atoms with Gasteiger partial charge in [-0.3, -0.25) is 0 Å². The summed E-state index contributed by atoms with van der Waals surface area (Å²) in [5.74, 6) is 0.249. The zero-order chi connectivity index (χ0) is 17.4. The van der Waals surface area contributed by atoms with Crippen LogP contribution in [-0.2, 0) is 0 Å². The first kappa shape index (κ1) is 18.9. The SMILES string of the molecule is C/C=C(\C=C(/CC)N(C)C)NC(=O)NC1=CCC(N)=CCC1C. The molecular formula is C18H30N4O. The Morgan fingerprint density at radius 2 is 2.13 bits per heavy atom. The minimum Gasteiger partial charge on any atom is -0.402 e. The van der Waals surface area contributed by atoms with Gasteiger partial charge in [0.2, 0.25) is 0 Å². The molecule has 0 aromatic carbocycles. The molecule has 1 rings (SSSR count). The summed E-state index contributed by atoms with van der Waals surface area (Å²) in [5.41, 5.74) is 9.56. The second-order valence-corrected chi connectivity index (χ2v) is 5.99. The lowest BCUT2D eigenvalue weighted by atomic mass is 10.0. The Morgan fingerprint density at radius 3 is 2.70 bits per heavy atom. The Labute approximate surface area is 140 Å². The molecule has 23 heavy (non-hydrogen) atoms. The predicted octanol–water partition coefficient (Wildman–Crippen LogP) is 3.20. The van der Waals surface area contributed by atoms with Gasteiger partial charge in [-0.25, -0.2) is 4.79 Å². The Morgan fingerprint density at radius 1 is 1.43 bits per heavy atom. The number of hydrogen-bond donors (Lipinski definition) is 3. The fraction of sp³-hybridized carbons (Fsp3) is 0.500. The van der Waals surface area contributed by atoms with Crippen molar-refractivity contribution in [2.45, 2.75) is 40.0 Å². The third-order valence-electron chi connectivity index (χ3n) is 3.91. The highest BCUT2D eigenvalue weighted by atomic mass is 16.2. The molecule has 1 aliphatic rings. The van der Waals surface area contributed by atoms with Crippen molar-refractivity contribution in [2.24, 2.45) is 11.7 Å². The van der Waals surface area contributed by atoms with E-state index in [2.05, 4.69) is 24.5 Å². The highest BCUT2D eigenvalue weighted by molar-refractivity contribution is 5.78. The van der Waals surface area contributed by atoms with Crippen molar-refractivity contribution < 1.29 is 4.79 Å². The monoisotopic (exact) mass is 318 g/mol. The zero-order valence-corrected chi connectivity index (χ0v) is 14.9. The first-order chi connectivity index (χ1) is 10.9. The zero-order valence-electron chi connectivity index (χ0n) is 14.9. The summed E-state index contributed by atoms with van der Waals surface area (Å²) in [6.45, 7) is 6.08. The Bertz CT molecular complexity index is 541. The van der Waals surface area contributed by atoms with Gasteiger partial charge in [0.25, 0.3) is 0 Å². The maximum atomic E-state index is 12.3. The van der Waals surface area contributed by atoms with Crippen molar-refractivity contribution in [1.82, 2.24) is 15.5 Å². The van der Waals surface area contributed by atoms with Gasteiger partial charge >= 0.3 is 6.03 Å². The van der Waals surface area contributed by atoms with E-state index < -0.39 is 0 Å². The molecule has 128 valence electrons. The summed E-state index contributed by atoms with van der Waals surface area (Å²) < 4.78 is 0. The van der Waals surface area contributed by atoms with E-state index in [1.54, 1.807) is 0 Å². The summed E-state index contributed by atoms with van der Waals surface area (Å²) in [7, 11) is 4.00. The summed E-state index contributed by atoms with van der Waals surface area (Å²) in [6, 6.07) is -0.220. The molecule has 0 aliphatic heterocycles. The van der Waals surface area contributed by atoms with Crippen LogP contribution >= 0.6 is 0 Å². The maximum Gasteiger partial charge on any atom is 0.323 e. The van der Waals surface area contributed by atoms with E-state index in [0.717, 1.165) is 35.6 Å². The molecule has 1 aliphatic carbocycles. The maximum absolute atomic E-state index is 12.3. The predicted molar refractivity (Wildman–Crippen MR) is 96.2 cm³/mol. The minimum absolute atomic E-state index is 0.220. The van der Waals surface area contributed by atoms with E-state index in [1.807, 2.05) is 50.2 Å². The molecule has 1 atom stereocenters. The average molecular weight is 318 g/mol. The lowest BCUT2D eigenvalue weighted by Gasteiger charge is -2.18. The number of carbonyl (C=O) groups is 1. The molecule has 0 spiro atoms. The van der Waals surface area contributed by atoms with Crippen LogP contribution in [0.2, 0.25) is 0 Å². The molecule has 0 fully saturated rings. The number of hydrogen-bond acceptors (Lipinski definition) is 3. The number of carbonyl (C=O) groups excluding carboxylic acids is 1. The van der Waals surface area contributed by atoms with Crippen molar-refractivity contribution in [2.75, 3.05) is 14.1 Å². The van der Waals surface area contributed by atoms with E-state index in [9.17, 15) is 4.79 Å². The van der Waals surface area contributed by atoms with E-state index in [1.165, 1.54) is 0 Å². The smallest absolute Gasteiger partial charge is 0.323 e. The summed E-state index contributed by atoms with van der Waals surface area (Å²) in [6.07, 6.45) is 10.3. The Balaban J connectivity index is 2.71. The summed E-state index contributed by atoms with van der Waals surface area (Å²) in [4.78, 5) is 14.3. The van der Waals surface area contributed by atoms with Gasteiger partial charge in [0.05, 0.1) is 0 Å². The van der Waals surface area contributed by atoms with Crippen LogP contribution < -0.4 is 16.4 Å². The van der Waals surface area contributed by atoms with Crippen molar-refractivity contribution in [3.05, 3.63) is 47.1 Å². The normalized spacial score (nSPS) is 19.4. The number of urea groups is 1. The van der Waals surface area contributed by atoms with E-state index in [4.69, 9.17) is 5.73 Å². The van der Waals surface area contributed by atoms with E-state index in [-0.39, 0.29) is 11.9 Å². The Kier molecular flexibility index (Phi) is 7.45. The van der Waals surface area contributed by atoms with Crippen LogP contribution in [0.1, 0.15) is 40.0 Å². The fourth-order valence-electron chi connectivity index (χ4n) is 2.35. The molecule has 0 aromatic heterocycles. The van der Waals surface area contributed by atoms with Crippen molar-refractivity contribution in [1.29, 1.82) is 0 Å². The first-order valence-electron chi connectivity index (χ1n) is 8.14. The van der Waals surface area contributed by atoms with Crippen LogP contribution in [0.15, 0.2) is 47.1 Å². The molecule has 0 heterocycles. The van der Waals surface area contributed by atoms with Gasteiger partial charge in [0, 0.05) is 43.3 Å². The molecule has 1 unspecified atom stereocenters. The van der Waals surface area contributed by atoms with Crippen molar-refractivity contribution >= 4 is 6.03 Å². The van der Waals surface area contributed by atoms with Crippen LogP contribution in [0, 0.1) is 5.92 Å². The second-order valence-electron chi connectivity index (χ2n) is 5.99. The third-order valence-corrected chi connectivity index (χ3v) is 3.91. The number of nitrogens with zero attached hydrogens (tertiary/aromatic N) is 1. The molecule has 0 bridgehead atoms. The van der Waals surface area contributed by atoms with E-state index >= 15 is 0 Å².